The van der Waals surface area contributed by atoms with Crippen LogP contribution in [-0.2, 0) is 0 Å². The van der Waals surface area contributed by atoms with Gasteiger partial charge in [-0.05, 0) is 58.1 Å². The molecule has 3 rings (SSSR count). The van der Waals surface area contributed by atoms with E-state index in [-0.39, 0.29) is 5.75 Å². The molecule has 0 bridgehead atoms. The third-order valence-electron chi connectivity index (χ3n) is 4.47. The average molecular weight is 276 g/mol. The fourth-order valence-electron chi connectivity index (χ4n) is 3.45. The highest BCUT2D eigenvalue weighted by atomic mass is 16.5. The smallest absolute Gasteiger partial charge is 0.127 e. The Kier molecular flexibility index (Phi) is 3.85. The predicted molar refractivity (Wildman–Crippen MR) is 79.2 cm³/mol. The van der Waals surface area contributed by atoms with E-state index in [0.29, 0.717) is 6.04 Å². The molecule has 4 nitrogen and oxygen atoms in total. The maximum atomic E-state index is 9.51. The van der Waals surface area contributed by atoms with Crippen molar-refractivity contribution >= 4 is 0 Å². The molecule has 1 atom stereocenters. The van der Waals surface area contributed by atoms with Crippen LogP contribution in [0.4, 0.5) is 0 Å². The zero-order chi connectivity index (χ0) is 14.1. The molecule has 0 aliphatic carbocycles. The summed E-state index contributed by atoms with van der Waals surface area (Å²) in [6.45, 7) is 4.20. The van der Waals surface area contributed by atoms with Crippen molar-refractivity contribution in [2.75, 3.05) is 40.3 Å². The van der Waals surface area contributed by atoms with Crippen LogP contribution in [0.25, 0.3) is 0 Å². The lowest BCUT2D eigenvalue weighted by molar-refractivity contribution is 0.105. The van der Waals surface area contributed by atoms with Gasteiger partial charge in [-0.3, -0.25) is 4.90 Å². The number of rotatable bonds is 3. The van der Waals surface area contributed by atoms with Gasteiger partial charge >= 0.3 is 0 Å². The molecule has 20 heavy (non-hydrogen) atoms. The van der Waals surface area contributed by atoms with Crippen molar-refractivity contribution in [1.29, 1.82) is 0 Å². The molecule has 1 saturated heterocycles. The summed E-state index contributed by atoms with van der Waals surface area (Å²) < 4.78 is 5.73. The van der Waals surface area contributed by atoms with E-state index < -0.39 is 0 Å². The van der Waals surface area contributed by atoms with Gasteiger partial charge in [0.05, 0.1) is 6.04 Å². The molecule has 0 saturated carbocycles. The van der Waals surface area contributed by atoms with E-state index in [2.05, 4.69) is 23.9 Å². The Bertz CT molecular complexity index is 468. The standard InChI is InChI=1S/C16H24N2O2/c1-17(2)10-12-5-7-18(8-6-12)15-11-20-16-9-13(19)3-4-14(15)16/h3-4,9,12,15,19H,5-8,10-11H2,1-2H3. The number of hydrogen-bond donors (Lipinski definition) is 1. The van der Waals surface area contributed by atoms with Crippen molar-refractivity contribution < 1.29 is 9.84 Å². The average Bonchev–Trinajstić information content (AvgIpc) is 2.82. The number of phenolic OH excluding ortho intramolecular Hbond substituents is 1. The first-order chi connectivity index (χ1) is 9.63. The minimum atomic E-state index is 0.286. The van der Waals surface area contributed by atoms with Crippen molar-refractivity contribution in [3.8, 4) is 11.5 Å². The highest BCUT2D eigenvalue weighted by Crippen LogP contribution is 2.39. The highest BCUT2D eigenvalue weighted by molar-refractivity contribution is 5.44. The molecule has 1 aromatic rings. The second-order valence-corrected chi connectivity index (χ2v) is 6.29. The normalized spacial score (nSPS) is 23.9. The maximum Gasteiger partial charge on any atom is 0.127 e. The van der Waals surface area contributed by atoms with Gasteiger partial charge in [-0.25, -0.2) is 0 Å². The second-order valence-electron chi connectivity index (χ2n) is 6.29. The van der Waals surface area contributed by atoms with Crippen LogP contribution in [0, 0.1) is 5.92 Å². The first-order valence-electron chi connectivity index (χ1n) is 7.48. The van der Waals surface area contributed by atoms with Gasteiger partial charge in [0.2, 0.25) is 0 Å². The van der Waals surface area contributed by atoms with E-state index >= 15 is 0 Å². The van der Waals surface area contributed by atoms with Crippen LogP contribution in [0.15, 0.2) is 18.2 Å². The molecular weight excluding hydrogens is 252 g/mol. The zero-order valence-corrected chi connectivity index (χ0v) is 12.4. The van der Waals surface area contributed by atoms with E-state index in [1.165, 1.54) is 24.9 Å². The van der Waals surface area contributed by atoms with Crippen LogP contribution in [-0.4, -0.2) is 55.2 Å². The number of likely N-dealkylation sites (tertiary alicyclic amines) is 1. The fraction of sp³-hybridized carbons (Fsp3) is 0.625. The topological polar surface area (TPSA) is 35.9 Å². The number of nitrogens with zero attached hydrogens (tertiary/aromatic N) is 2. The molecule has 0 spiro atoms. The van der Waals surface area contributed by atoms with Crippen molar-refractivity contribution in [3.05, 3.63) is 23.8 Å². The van der Waals surface area contributed by atoms with Crippen LogP contribution in [0.1, 0.15) is 24.4 Å². The van der Waals surface area contributed by atoms with Crippen LogP contribution < -0.4 is 4.74 Å². The SMILES string of the molecule is CN(C)CC1CCN(C2COc3cc(O)ccc32)CC1. The van der Waals surface area contributed by atoms with Crippen LogP contribution in [0.5, 0.6) is 11.5 Å². The van der Waals surface area contributed by atoms with Crippen LogP contribution in [0.2, 0.25) is 0 Å². The fourth-order valence-corrected chi connectivity index (χ4v) is 3.45. The van der Waals surface area contributed by atoms with Gasteiger partial charge in [-0.15, -0.1) is 0 Å². The molecule has 2 aliphatic heterocycles. The van der Waals surface area contributed by atoms with E-state index in [0.717, 1.165) is 31.4 Å². The summed E-state index contributed by atoms with van der Waals surface area (Å²) in [6.07, 6.45) is 2.53. The Hall–Kier alpha value is -1.26. The summed E-state index contributed by atoms with van der Waals surface area (Å²) >= 11 is 0. The number of fused-ring (bicyclic) bond motifs is 1. The quantitative estimate of drug-likeness (QED) is 0.917. The number of piperidine rings is 1. The minimum absolute atomic E-state index is 0.286. The Labute approximate surface area is 120 Å². The summed E-state index contributed by atoms with van der Waals surface area (Å²) in [4.78, 5) is 4.83. The Balaban J connectivity index is 1.63. The first kappa shape index (κ1) is 13.7. The van der Waals surface area contributed by atoms with Gasteiger partial charge in [-0.1, -0.05) is 0 Å². The van der Waals surface area contributed by atoms with Crippen LogP contribution >= 0.6 is 0 Å². The number of benzene rings is 1. The van der Waals surface area contributed by atoms with Gasteiger partial charge in [0.1, 0.15) is 18.1 Å². The summed E-state index contributed by atoms with van der Waals surface area (Å²) in [5.41, 5.74) is 1.23. The predicted octanol–water partition coefficient (Wildman–Crippen LogP) is 2.10. The summed E-state index contributed by atoms with van der Waals surface area (Å²) in [5, 5.41) is 9.51. The molecule has 0 radical (unpaired) electrons. The third kappa shape index (κ3) is 2.76. The molecule has 110 valence electrons. The molecule has 2 heterocycles. The summed E-state index contributed by atoms with van der Waals surface area (Å²) in [7, 11) is 4.31. The summed E-state index contributed by atoms with van der Waals surface area (Å²) in [6, 6.07) is 5.87. The van der Waals surface area contributed by atoms with Crippen molar-refractivity contribution in [1.82, 2.24) is 9.80 Å². The second kappa shape index (κ2) is 5.62. The van der Waals surface area contributed by atoms with E-state index in [9.17, 15) is 5.11 Å². The van der Waals surface area contributed by atoms with E-state index in [1.807, 2.05) is 6.07 Å². The van der Waals surface area contributed by atoms with Crippen molar-refractivity contribution in [2.45, 2.75) is 18.9 Å². The lowest BCUT2D eigenvalue weighted by atomic mass is 9.94. The lowest BCUT2D eigenvalue weighted by Gasteiger charge is -2.36. The van der Waals surface area contributed by atoms with Gasteiger partial charge < -0.3 is 14.7 Å². The molecule has 1 fully saturated rings. The number of hydrogen-bond acceptors (Lipinski definition) is 4. The minimum Gasteiger partial charge on any atom is -0.508 e. The zero-order valence-electron chi connectivity index (χ0n) is 12.4. The Morgan fingerprint density at radius 1 is 1.30 bits per heavy atom. The molecule has 1 unspecified atom stereocenters. The molecule has 1 aromatic carbocycles. The van der Waals surface area contributed by atoms with Crippen LogP contribution in [0.3, 0.4) is 0 Å². The van der Waals surface area contributed by atoms with Gasteiger partial charge in [0, 0.05) is 18.2 Å². The number of phenols is 1. The number of aromatic hydroxyl groups is 1. The Morgan fingerprint density at radius 2 is 2.05 bits per heavy atom. The molecule has 1 N–H and O–H groups in total. The molecule has 0 aromatic heterocycles. The largest absolute Gasteiger partial charge is 0.508 e. The third-order valence-corrected chi connectivity index (χ3v) is 4.47. The molecule has 2 aliphatic rings. The monoisotopic (exact) mass is 276 g/mol. The molecule has 4 heteroatoms. The summed E-state index contributed by atoms with van der Waals surface area (Å²) in [5.74, 6) is 1.96. The van der Waals surface area contributed by atoms with Gasteiger partial charge in [0.25, 0.3) is 0 Å². The number of ether oxygens (including phenoxy) is 1. The van der Waals surface area contributed by atoms with Crippen molar-refractivity contribution in [2.24, 2.45) is 5.92 Å². The maximum absolute atomic E-state index is 9.51. The van der Waals surface area contributed by atoms with Crippen molar-refractivity contribution in [3.63, 3.8) is 0 Å². The van der Waals surface area contributed by atoms with Gasteiger partial charge in [-0.2, -0.15) is 0 Å². The van der Waals surface area contributed by atoms with Gasteiger partial charge in [0.15, 0.2) is 0 Å². The Morgan fingerprint density at radius 3 is 2.75 bits per heavy atom. The first-order valence-corrected chi connectivity index (χ1v) is 7.48. The highest BCUT2D eigenvalue weighted by Gasteiger charge is 2.32. The molecular formula is C16H24N2O2. The van der Waals surface area contributed by atoms with E-state index in [1.54, 1.807) is 12.1 Å². The van der Waals surface area contributed by atoms with E-state index in [4.69, 9.17) is 4.74 Å². The lowest BCUT2D eigenvalue weighted by Crippen LogP contribution is -2.39. The molecule has 0 amide bonds.